The Kier molecular flexibility index (Phi) is 4.55. The average Bonchev–Trinajstić information content (AvgIpc) is 3.23. The quantitative estimate of drug-likeness (QED) is 0.211. The zero-order chi connectivity index (χ0) is 24.8. The first-order chi connectivity index (χ1) is 17.6. The van der Waals surface area contributed by atoms with E-state index in [0.29, 0.717) is 33.6 Å². The molecule has 0 saturated carbocycles. The molecule has 0 atom stereocenters. The van der Waals surface area contributed by atoms with Crippen LogP contribution in [0.15, 0.2) is 78.5 Å². The minimum Gasteiger partial charge on any atom is -0.245 e. The molecule has 0 aliphatic heterocycles. The molecule has 1 aromatic heterocycles. The van der Waals surface area contributed by atoms with Crippen LogP contribution in [0.4, 0.5) is 0 Å². The summed E-state index contributed by atoms with van der Waals surface area (Å²) in [5.74, 6) is 0. The summed E-state index contributed by atoms with van der Waals surface area (Å²) in [6.45, 7) is 7.61. The van der Waals surface area contributed by atoms with Gasteiger partial charge in [0.25, 0.3) is 5.70 Å². The second-order valence-electron chi connectivity index (χ2n) is 8.30. The largest absolute Gasteiger partial charge is 0.271 e. The molecule has 4 aromatic carbocycles. The Morgan fingerprint density at radius 3 is 2.00 bits per heavy atom. The smallest absolute Gasteiger partial charge is 0.245 e. The van der Waals surface area contributed by atoms with Gasteiger partial charge < -0.3 is 0 Å². The molecule has 0 N–H and O–H groups in total. The molecule has 36 heavy (non-hydrogen) atoms. The molecule has 0 fully saturated rings. The summed E-state index contributed by atoms with van der Waals surface area (Å²) in [7, 11) is 0. The molecule has 0 saturated heterocycles. The molecule has 1 aliphatic carbocycles. The molecule has 0 unspecified atom stereocenters. The van der Waals surface area contributed by atoms with Gasteiger partial charge in [0.15, 0.2) is 0 Å². The highest BCUT2D eigenvalue weighted by molar-refractivity contribution is 6.04. The van der Waals surface area contributed by atoms with Gasteiger partial charge in [-0.1, -0.05) is 48.5 Å². The summed E-state index contributed by atoms with van der Waals surface area (Å²) in [4.78, 5) is 13.0. The Labute approximate surface area is 206 Å². The SMILES string of the molecule is [C-]#[N+]/C(C#N)=C1\c2cc(-c3ccc4ccccc4c3)ccc2-c2nc3cc(C#N)c(C#N)cc3nc21. The highest BCUT2D eigenvalue weighted by Crippen LogP contribution is 2.46. The normalized spacial score (nSPS) is 12.7. The third-order valence-corrected chi connectivity index (χ3v) is 6.36. The van der Waals surface area contributed by atoms with Gasteiger partial charge >= 0.3 is 0 Å². The molecule has 0 spiro atoms. The number of hydrogen-bond acceptors (Lipinski definition) is 5. The summed E-state index contributed by atoms with van der Waals surface area (Å²) in [6, 6.07) is 29.4. The molecule has 6 heteroatoms. The van der Waals surface area contributed by atoms with Crippen molar-refractivity contribution in [1.82, 2.24) is 9.97 Å². The predicted octanol–water partition coefficient (Wildman–Crippen LogP) is 6.38. The first kappa shape index (κ1) is 20.8. The van der Waals surface area contributed by atoms with Gasteiger partial charge in [0, 0.05) is 11.1 Å². The zero-order valence-corrected chi connectivity index (χ0v) is 18.6. The predicted molar refractivity (Wildman–Crippen MR) is 136 cm³/mol. The van der Waals surface area contributed by atoms with Crippen LogP contribution in [0.2, 0.25) is 0 Å². The fourth-order valence-corrected chi connectivity index (χ4v) is 4.66. The van der Waals surface area contributed by atoms with Crippen molar-refractivity contribution < 1.29 is 0 Å². The van der Waals surface area contributed by atoms with Crippen molar-refractivity contribution in [2.45, 2.75) is 0 Å². The Balaban J connectivity index is 1.62. The van der Waals surface area contributed by atoms with Crippen molar-refractivity contribution >= 4 is 27.4 Å². The van der Waals surface area contributed by atoms with E-state index >= 15 is 0 Å². The number of nitrogens with zero attached hydrogens (tertiary/aromatic N) is 6. The van der Waals surface area contributed by atoms with Crippen LogP contribution in [0.3, 0.4) is 0 Å². The number of allylic oxidation sites excluding steroid dienone is 1. The Bertz CT molecular complexity index is 1970. The van der Waals surface area contributed by atoms with Gasteiger partial charge in [0.2, 0.25) is 0 Å². The summed E-state index contributed by atoms with van der Waals surface area (Å²) < 4.78 is 0. The lowest BCUT2D eigenvalue weighted by Crippen LogP contribution is -1.96. The third-order valence-electron chi connectivity index (χ3n) is 6.36. The van der Waals surface area contributed by atoms with Crippen LogP contribution in [0, 0.1) is 40.6 Å². The van der Waals surface area contributed by atoms with E-state index in [-0.39, 0.29) is 16.8 Å². The van der Waals surface area contributed by atoms with Crippen LogP contribution in [0.1, 0.15) is 22.4 Å². The van der Waals surface area contributed by atoms with Crippen LogP contribution < -0.4 is 0 Å². The highest BCUT2D eigenvalue weighted by Gasteiger charge is 2.30. The van der Waals surface area contributed by atoms with Crippen molar-refractivity contribution in [3.8, 4) is 40.6 Å². The van der Waals surface area contributed by atoms with Gasteiger partial charge in [-0.25, -0.2) is 20.1 Å². The first-order valence-corrected chi connectivity index (χ1v) is 11.0. The molecule has 6 rings (SSSR count). The summed E-state index contributed by atoms with van der Waals surface area (Å²) in [6.07, 6.45) is 0. The highest BCUT2D eigenvalue weighted by atomic mass is 14.9. The molecule has 0 amide bonds. The van der Waals surface area contributed by atoms with Crippen LogP contribution in [0.25, 0.3) is 54.6 Å². The molecule has 0 bridgehead atoms. The number of hydrogen-bond donors (Lipinski definition) is 0. The fourth-order valence-electron chi connectivity index (χ4n) is 4.66. The van der Waals surface area contributed by atoms with Gasteiger partial charge in [-0.05, 0) is 51.7 Å². The van der Waals surface area contributed by atoms with Crippen molar-refractivity contribution in [1.29, 1.82) is 15.8 Å². The molecular weight excluding hydrogens is 444 g/mol. The van der Waals surface area contributed by atoms with Gasteiger partial charge in [-0.2, -0.15) is 10.5 Å². The number of nitriles is 3. The van der Waals surface area contributed by atoms with Gasteiger partial charge in [0.1, 0.15) is 12.1 Å². The topological polar surface area (TPSA) is 102 Å². The number of fused-ring (bicyclic) bond motifs is 5. The van der Waals surface area contributed by atoms with Crippen molar-refractivity contribution in [3.63, 3.8) is 0 Å². The Morgan fingerprint density at radius 2 is 1.33 bits per heavy atom. The lowest BCUT2D eigenvalue weighted by atomic mass is 9.96. The van der Waals surface area contributed by atoms with Crippen LogP contribution in [-0.2, 0) is 0 Å². The maximum Gasteiger partial charge on any atom is 0.271 e. The van der Waals surface area contributed by atoms with Crippen molar-refractivity contribution in [3.05, 3.63) is 112 Å². The monoisotopic (exact) mass is 456 g/mol. The fraction of sp³-hybridized carbons (Fsp3) is 0. The Morgan fingerprint density at radius 1 is 0.694 bits per heavy atom. The van der Waals surface area contributed by atoms with Crippen molar-refractivity contribution in [2.24, 2.45) is 0 Å². The molecule has 0 radical (unpaired) electrons. The van der Waals surface area contributed by atoms with E-state index in [1.807, 2.05) is 54.6 Å². The molecule has 1 heterocycles. The van der Waals surface area contributed by atoms with Crippen molar-refractivity contribution in [2.75, 3.05) is 0 Å². The lowest BCUT2D eigenvalue weighted by molar-refractivity contribution is 1.27. The first-order valence-electron chi connectivity index (χ1n) is 11.0. The molecule has 6 nitrogen and oxygen atoms in total. The molecular formula is C30H12N6. The number of aromatic nitrogens is 2. The van der Waals surface area contributed by atoms with Crippen LogP contribution >= 0.6 is 0 Å². The standard InChI is InChI=1S/C30H12N6/c1-34-27(16-33)28-24-11-20(19-7-6-17-4-2-3-5-18(17)10-19)8-9-23(24)29-30(28)36-26-13-22(15-32)21(14-31)12-25(26)35-29/h2-13H/b28-27+. The van der Waals surface area contributed by atoms with Crippen LogP contribution in [-0.4, -0.2) is 9.97 Å². The number of benzene rings is 4. The van der Waals surface area contributed by atoms with Gasteiger partial charge in [-0.3, -0.25) is 0 Å². The maximum absolute atomic E-state index is 9.76. The summed E-state index contributed by atoms with van der Waals surface area (Å²) >= 11 is 0. The van der Waals surface area contributed by atoms with E-state index in [4.69, 9.17) is 16.5 Å². The van der Waals surface area contributed by atoms with E-state index in [9.17, 15) is 15.8 Å². The summed E-state index contributed by atoms with van der Waals surface area (Å²) in [5.41, 5.74) is 6.05. The zero-order valence-electron chi connectivity index (χ0n) is 18.6. The average molecular weight is 456 g/mol. The third kappa shape index (κ3) is 3.01. The van der Waals surface area contributed by atoms with E-state index in [2.05, 4.69) is 29.1 Å². The molecule has 1 aliphatic rings. The number of rotatable bonds is 1. The summed E-state index contributed by atoms with van der Waals surface area (Å²) in [5, 5.41) is 30.9. The minimum absolute atomic E-state index is 0.0755. The van der Waals surface area contributed by atoms with Gasteiger partial charge in [-0.15, -0.1) is 0 Å². The second kappa shape index (κ2) is 7.89. The van der Waals surface area contributed by atoms with E-state index in [0.717, 1.165) is 27.5 Å². The molecule has 162 valence electrons. The van der Waals surface area contributed by atoms with E-state index in [1.54, 1.807) is 6.07 Å². The Hall–Kier alpha value is -5.82. The van der Waals surface area contributed by atoms with Gasteiger partial charge in [0.05, 0.1) is 46.2 Å². The van der Waals surface area contributed by atoms with Crippen LogP contribution in [0.5, 0.6) is 0 Å². The second-order valence-corrected chi connectivity index (χ2v) is 8.30. The lowest BCUT2D eigenvalue weighted by Gasteiger charge is -2.08. The van der Waals surface area contributed by atoms with E-state index < -0.39 is 0 Å². The minimum atomic E-state index is -0.0755. The maximum atomic E-state index is 9.76. The molecule has 5 aromatic rings. The van der Waals surface area contributed by atoms with E-state index in [1.165, 1.54) is 6.07 Å².